The summed E-state index contributed by atoms with van der Waals surface area (Å²) in [7, 11) is 3.65. The van der Waals surface area contributed by atoms with Gasteiger partial charge in [0.2, 0.25) is 0 Å². The third-order valence-electron chi connectivity index (χ3n) is 3.84. The van der Waals surface area contributed by atoms with Crippen molar-refractivity contribution in [3.05, 3.63) is 47.8 Å². The van der Waals surface area contributed by atoms with Crippen LogP contribution < -0.4 is 10.1 Å². The van der Waals surface area contributed by atoms with E-state index in [4.69, 9.17) is 4.74 Å². The molecule has 0 spiro atoms. The number of rotatable bonds is 6. The molecule has 3 rings (SSSR count). The van der Waals surface area contributed by atoms with E-state index < -0.39 is 0 Å². The SMILES string of the molecule is COc1ccc(C(NCc2ccn(C)n2)C2CC2)cc1. The van der Waals surface area contributed by atoms with Gasteiger partial charge in [-0.15, -0.1) is 0 Å². The van der Waals surface area contributed by atoms with Crippen LogP contribution in [-0.4, -0.2) is 16.9 Å². The molecule has 4 heteroatoms. The minimum atomic E-state index is 0.419. The number of aromatic nitrogens is 2. The zero-order valence-corrected chi connectivity index (χ0v) is 12.0. The van der Waals surface area contributed by atoms with Crippen LogP contribution in [0.1, 0.15) is 30.1 Å². The van der Waals surface area contributed by atoms with Gasteiger partial charge >= 0.3 is 0 Å². The van der Waals surface area contributed by atoms with Crippen molar-refractivity contribution in [2.45, 2.75) is 25.4 Å². The molecule has 0 bridgehead atoms. The summed E-state index contributed by atoms with van der Waals surface area (Å²) < 4.78 is 7.07. The summed E-state index contributed by atoms with van der Waals surface area (Å²) in [4.78, 5) is 0. The van der Waals surface area contributed by atoms with Crippen molar-refractivity contribution in [2.75, 3.05) is 7.11 Å². The monoisotopic (exact) mass is 271 g/mol. The standard InChI is InChI=1S/C16H21N3O/c1-19-10-9-14(18-19)11-17-16(12-3-4-12)13-5-7-15(20-2)8-6-13/h5-10,12,16-17H,3-4,11H2,1-2H3. The highest BCUT2D eigenvalue weighted by Gasteiger charge is 2.32. The molecule has 4 nitrogen and oxygen atoms in total. The third-order valence-corrected chi connectivity index (χ3v) is 3.84. The lowest BCUT2D eigenvalue weighted by atomic mass is 10.0. The van der Waals surface area contributed by atoms with E-state index in [0.717, 1.165) is 23.9 Å². The van der Waals surface area contributed by atoms with Crippen LogP contribution in [0.5, 0.6) is 5.75 Å². The second-order valence-corrected chi connectivity index (χ2v) is 5.45. The number of nitrogens with zero attached hydrogens (tertiary/aromatic N) is 2. The van der Waals surface area contributed by atoms with E-state index in [1.165, 1.54) is 18.4 Å². The molecule has 1 saturated carbocycles. The van der Waals surface area contributed by atoms with E-state index in [1.807, 2.05) is 30.1 Å². The fourth-order valence-corrected chi connectivity index (χ4v) is 2.57. The first kappa shape index (κ1) is 13.2. The number of methoxy groups -OCH3 is 1. The Bertz CT molecular complexity index is 557. The first-order chi connectivity index (χ1) is 9.76. The van der Waals surface area contributed by atoms with Crippen LogP contribution in [0.4, 0.5) is 0 Å². The minimum absolute atomic E-state index is 0.419. The molecule has 1 aliphatic carbocycles. The number of nitrogens with one attached hydrogen (secondary N) is 1. The average molecular weight is 271 g/mol. The van der Waals surface area contributed by atoms with Crippen molar-refractivity contribution in [3.63, 3.8) is 0 Å². The summed E-state index contributed by atoms with van der Waals surface area (Å²) in [5.74, 6) is 1.67. The van der Waals surface area contributed by atoms with Crippen molar-refractivity contribution in [1.82, 2.24) is 15.1 Å². The maximum absolute atomic E-state index is 5.22. The van der Waals surface area contributed by atoms with Gasteiger partial charge in [-0.25, -0.2) is 0 Å². The Hall–Kier alpha value is -1.81. The fourth-order valence-electron chi connectivity index (χ4n) is 2.57. The molecule has 0 amide bonds. The largest absolute Gasteiger partial charge is 0.497 e. The molecule has 0 radical (unpaired) electrons. The predicted octanol–water partition coefficient (Wildman–Crippen LogP) is 2.67. The van der Waals surface area contributed by atoms with Gasteiger partial charge in [-0.05, 0) is 42.5 Å². The van der Waals surface area contributed by atoms with Crippen LogP contribution >= 0.6 is 0 Å². The predicted molar refractivity (Wildman–Crippen MR) is 78.5 cm³/mol. The van der Waals surface area contributed by atoms with Crippen LogP contribution in [-0.2, 0) is 13.6 Å². The molecule has 1 aromatic carbocycles. The van der Waals surface area contributed by atoms with Crippen molar-refractivity contribution < 1.29 is 4.74 Å². The fraction of sp³-hybridized carbons (Fsp3) is 0.438. The van der Waals surface area contributed by atoms with Crippen molar-refractivity contribution in [1.29, 1.82) is 0 Å². The lowest BCUT2D eigenvalue weighted by Crippen LogP contribution is -2.23. The van der Waals surface area contributed by atoms with E-state index >= 15 is 0 Å². The van der Waals surface area contributed by atoms with Crippen LogP contribution in [0.3, 0.4) is 0 Å². The quantitative estimate of drug-likeness (QED) is 0.878. The molecule has 0 saturated heterocycles. The molecule has 1 aromatic heterocycles. The summed E-state index contributed by atoms with van der Waals surface area (Å²) in [6, 6.07) is 10.9. The van der Waals surface area contributed by atoms with Gasteiger partial charge in [0.1, 0.15) is 5.75 Å². The van der Waals surface area contributed by atoms with E-state index in [-0.39, 0.29) is 0 Å². The highest BCUT2D eigenvalue weighted by atomic mass is 16.5. The normalized spacial score (nSPS) is 16.1. The van der Waals surface area contributed by atoms with Crippen LogP contribution in [0.25, 0.3) is 0 Å². The van der Waals surface area contributed by atoms with Crippen LogP contribution in [0, 0.1) is 5.92 Å². The van der Waals surface area contributed by atoms with Crippen molar-refractivity contribution >= 4 is 0 Å². The molecule has 0 aliphatic heterocycles. The van der Waals surface area contributed by atoms with Gasteiger partial charge in [0.05, 0.1) is 12.8 Å². The Balaban J connectivity index is 1.68. The maximum atomic E-state index is 5.22. The van der Waals surface area contributed by atoms with Crippen LogP contribution in [0.15, 0.2) is 36.5 Å². The zero-order valence-electron chi connectivity index (χ0n) is 12.0. The van der Waals surface area contributed by atoms with Gasteiger partial charge < -0.3 is 10.1 Å². The van der Waals surface area contributed by atoms with Crippen molar-refractivity contribution in [3.8, 4) is 5.75 Å². The Morgan fingerprint density at radius 3 is 2.60 bits per heavy atom. The Kier molecular flexibility index (Phi) is 3.74. The molecule has 1 fully saturated rings. The number of benzene rings is 1. The lowest BCUT2D eigenvalue weighted by Gasteiger charge is -2.18. The highest BCUT2D eigenvalue weighted by Crippen LogP contribution is 2.41. The van der Waals surface area contributed by atoms with Gasteiger partial charge in [0.15, 0.2) is 0 Å². The van der Waals surface area contributed by atoms with Gasteiger partial charge in [-0.1, -0.05) is 12.1 Å². The first-order valence-corrected chi connectivity index (χ1v) is 7.12. The summed E-state index contributed by atoms with van der Waals surface area (Å²) in [6.45, 7) is 0.814. The summed E-state index contributed by atoms with van der Waals surface area (Å²) >= 11 is 0. The molecule has 1 N–H and O–H groups in total. The molecule has 106 valence electrons. The summed E-state index contributed by atoms with van der Waals surface area (Å²) in [5.41, 5.74) is 2.43. The number of aryl methyl sites for hydroxylation is 1. The number of hydrogen-bond acceptors (Lipinski definition) is 3. The zero-order chi connectivity index (χ0) is 13.9. The smallest absolute Gasteiger partial charge is 0.118 e. The number of ether oxygens (including phenoxy) is 1. The van der Waals surface area contributed by atoms with Gasteiger partial charge in [-0.3, -0.25) is 4.68 Å². The average Bonchev–Trinajstić information content (AvgIpc) is 3.22. The van der Waals surface area contributed by atoms with E-state index in [9.17, 15) is 0 Å². The maximum Gasteiger partial charge on any atom is 0.118 e. The first-order valence-electron chi connectivity index (χ1n) is 7.12. The number of hydrogen-bond donors (Lipinski definition) is 1. The van der Waals surface area contributed by atoms with Crippen LogP contribution in [0.2, 0.25) is 0 Å². The van der Waals surface area contributed by atoms with Gasteiger partial charge in [0, 0.05) is 25.8 Å². The van der Waals surface area contributed by atoms with Crippen molar-refractivity contribution in [2.24, 2.45) is 13.0 Å². The summed E-state index contributed by atoms with van der Waals surface area (Å²) in [6.07, 6.45) is 4.61. The van der Waals surface area contributed by atoms with E-state index in [1.54, 1.807) is 7.11 Å². The van der Waals surface area contributed by atoms with E-state index in [2.05, 4.69) is 28.6 Å². The lowest BCUT2D eigenvalue weighted by molar-refractivity contribution is 0.413. The topological polar surface area (TPSA) is 39.1 Å². The van der Waals surface area contributed by atoms with E-state index in [0.29, 0.717) is 6.04 Å². The molecule has 20 heavy (non-hydrogen) atoms. The van der Waals surface area contributed by atoms with Gasteiger partial charge in [0.25, 0.3) is 0 Å². The third kappa shape index (κ3) is 3.02. The van der Waals surface area contributed by atoms with Gasteiger partial charge in [-0.2, -0.15) is 5.10 Å². The molecule has 1 aliphatic rings. The minimum Gasteiger partial charge on any atom is -0.497 e. The molecular formula is C16H21N3O. The Morgan fingerprint density at radius 1 is 1.30 bits per heavy atom. The Morgan fingerprint density at radius 2 is 2.05 bits per heavy atom. The molecular weight excluding hydrogens is 250 g/mol. The molecule has 1 unspecified atom stereocenters. The Labute approximate surface area is 119 Å². The highest BCUT2D eigenvalue weighted by molar-refractivity contribution is 5.30. The molecule has 1 heterocycles. The second-order valence-electron chi connectivity index (χ2n) is 5.45. The molecule has 2 aromatic rings. The summed E-state index contributed by atoms with van der Waals surface area (Å²) in [5, 5.41) is 8.07. The molecule has 1 atom stereocenters. The second kappa shape index (κ2) is 5.67.